The van der Waals surface area contributed by atoms with E-state index in [0.29, 0.717) is 12.2 Å². The molecule has 7 rings (SSSR count). The maximum Gasteiger partial charge on any atom is 0.341 e. The van der Waals surface area contributed by atoms with Crippen LogP contribution in [0, 0.1) is 0 Å². The number of aromatic nitrogens is 1. The summed E-state index contributed by atoms with van der Waals surface area (Å²) in [6.45, 7) is 5.58. The van der Waals surface area contributed by atoms with Crippen molar-refractivity contribution in [2.45, 2.75) is 26.1 Å². The van der Waals surface area contributed by atoms with Crippen molar-refractivity contribution in [3.05, 3.63) is 138 Å². The van der Waals surface area contributed by atoms with Crippen LogP contribution in [-0.4, -0.2) is 17.1 Å². The van der Waals surface area contributed by atoms with Gasteiger partial charge in [0.15, 0.2) is 0 Å². The third-order valence-corrected chi connectivity index (χ3v) is 7.97. The van der Waals surface area contributed by atoms with Gasteiger partial charge in [-0.1, -0.05) is 60.7 Å². The predicted octanol–water partition coefficient (Wildman–Crippen LogP) is 8.42. The van der Waals surface area contributed by atoms with Crippen LogP contribution in [0.4, 0.5) is 11.4 Å². The first-order valence-electron chi connectivity index (χ1n) is 14.1. The van der Waals surface area contributed by atoms with E-state index in [0.717, 1.165) is 45.7 Å². The van der Waals surface area contributed by atoms with Gasteiger partial charge in [-0.05, 0) is 74.5 Å². The SMILES string of the molecule is CCOc1ccc(N(c2ccccc2)C2(c3ccc4c(c3)c3ccccc3n4CC)OC(=O)c3ccccc32)cc1. The zero-order chi connectivity index (χ0) is 28.0. The standard InChI is InChI=1S/C36H30N2O3/c1-3-37-33-17-11-9-14-29(33)31-24-25(18-23-34(31)37)36(32-16-10-8-15-30(32)35(39)41-36)38(26-12-6-5-7-13-26)27-19-21-28(22-20-27)40-4-2/h5-24H,3-4H2,1-2H3. The fraction of sp³-hybridized carbons (Fsp3) is 0.139. The number of carbonyl (C=O) groups is 1. The summed E-state index contributed by atoms with van der Waals surface area (Å²) in [5, 5.41) is 2.30. The smallest absolute Gasteiger partial charge is 0.341 e. The van der Waals surface area contributed by atoms with Gasteiger partial charge in [-0.2, -0.15) is 0 Å². The van der Waals surface area contributed by atoms with Gasteiger partial charge in [-0.3, -0.25) is 4.90 Å². The molecule has 1 aliphatic heterocycles. The molecule has 0 radical (unpaired) electrons. The minimum absolute atomic E-state index is 0.344. The summed E-state index contributed by atoms with van der Waals surface area (Å²) in [7, 11) is 0. The number of cyclic esters (lactones) is 1. The molecule has 0 saturated carbocycles. The molecular weight excluding hydrogens is 508 g/mol. The van der Waals surface area contributed by atoms with Crippen molar-refractivity contribution in [2.75, 3.05) is 11.5 Å². The monoisotopic (exact) mass is 538 g/mol. The molecule has 2 heterocycles. The minimum atomic E-state index is -1.24. The van der Waals surface area contributed by atoms with E-state index in [2.05, 4.69) is 71.0 Å². The maximum absolute atomic E-state index is 13.6. The van der Waals surface area contributed by atoms with Crippen molar-refractivity contribution >= 4 is 39.1 Å². The number of hydrogen-bond acceptors (Lipinski definition) is 4. The third-order valence-electron chi connectivity index (χ3n) is 7.97. The number of aryl methyl sites for hydroxylation is 1. The van der Waals surface area contributed by atoms with Crippen LogP contribution in [0.3, 0.4) is 0 Å². The van der Waals surface area contributed by atoms with Crippen LogP contribution in [0.25, 0.3) is 21.8 Å². The lowest BCUT2D eigenvalue weighted by Gasteiger charge is -2.42. The van der Waals surface area contributed by atoms with E-state index in [1.807, 2.05) is 73.7 Å². The normalized spacial score (nSPS) is 16.1. The molecule has 0 aliphatic carbocycles. The van der Waals surface area contributed by atoms with E-state index >= 15 is 0 Å². The number of para-hydroxylation sites is 2. The summed E-state index contributed by atoms with van der Waals surface area (Å²) in [5.74, 6) is 0.444. The lowest BCUT2D eigenvalue weighted by Crippen LogP contribution is -2.45. The Labute approximate surface area is 239 Å². The van der Waals surface area contributed by atoms with Gasteiger partial charge in [0.1, 0.15) is 5.75 Å². The number of nitrogens with zero attached hydrogens (tertiary/aromatic N) is 2. The van der Waals surface area contributed by atoms with E-state index < -0.39 is 5.72 Å². The summed E-state index contributed by atoms with van der Waals surface area (Å²) in [6.07, 6.45) is 0. The molecule has 0 spiro atoms. The zero-order valence-corrected chi connectivity index (χ0v) is 23.1. The molecule has 0 amide bonds. The summed E-state index contributed by atoms with van der Waals surface area (Å²) in [4.78, 5) is 15.7. The van der Waals surface area contributed by atoms with E-state index in [1.165, 1.54) is 10.9 Å². The quantitative estimate of drug-likeness (QED) is 0.191. The second-order valence-corrected chi connectivity index (χ2v) is 10.2. The summed E-state index contributed by atoms with van der Waals surface area (Å²) >= 11 is 0. The summed E-state index contributed by atoms with van der Waals surface area (Å²) < 4.78 is 14.7. The van der Waals surface area contributed by atoms with Crippen LogP contribution in [0.2, 0.25) is 0 Å². The number of rotatable bonds is 7. The molecule has 0 N–H and O–H groups in total. The van der Waals surface area contributed by atoms with Crippen LogP contribution in [0.1, 0.15) is 35.3 Å². The Balaban J connectivity index is 1.55. The number of benzene rings is 5. The highest BCUT2D eigenvalue weighted by atomic mass is 16.6. The van der Waals surface area contributed by atoms with Gasteiger partial charge < -0.3 is 14.0 Å². The molecule has 1 aromatic heterocycles. The van der Waals surface area contributed by atoms with E-state index in [-0.39, 0.29) is 5.97 Å². The maximum atomic E-state index is 13.6. The van der Waals surface area contributed by atoms with Gasteiger partial charge in [0.25, 0.3) is 0 Å². The van der Waals surface area contributed by atoms with Crippen molar-refractivity contribution in [1.82, 2.24) is 4.57 Å². The minimum Gasteiger partial charge on any atom is -0.494 e. The van der Waals surface area contributed by atoms with Crippen molar-refractivity contribution in [3.8, 4) is 5.75 Å². The van der Waals surface area contributed by atoms with E-state index in [9.17, 15) is 4.79 Å². The molecule has 1 aliphatic rings. The summed E-state index contributed by atoms with van der Waals surface area (Å²) in [5.41, 5.74) is 5.12. The number of carbonyl (C=O) groups excluding carboxylic acids is 1. The van der Waals surface area contributed by atoms with Crippen LogP contribution >= 0.6 is 0 Å². The Morgan fingerprint density at radius 3 is 2.20 bits per heavy atom. The zero-order valence-electron chi connectivity index (χ0n) is 23.1. The van der Waals surface area contributed by atoms with Crippen molar-refractivity contribution in [3.63, 3.8) is 0 Å². The Morgan fingerprint density at radius 2 is 1.41 bits per heavy atom. The fourth-order valence-electron chi connectivity index (χ4n) is 6.26. The molecule has 0 bridgehead atoms. The number of fused-ring (bicyclic) bond motifs is 4. The Kier molecular flexibility index (Phi) is 6.01. The lowest BCUT2D eigenvalue weighted by molar-refractivity contribution is 0.0134. The topological polar surface area (TPSA) is 43.7 Å². The fourth-order valence-corrected chi connectivity index (χ4v) is 6.26. The summed E-state index contributed by atoms with van der Waals surface area (Å²) in [6, 6.07) is 40.7. The van der Waals surface area contributed by atoms with Crippen molar-refractivity contribution in [1.29, 1.82) is 0 Å². The number of anilines is 2. The largest absolute Gasteiger partial charge is 0.494 e. The molecule has 0 saturated heterocycles. The highest BCUT2D eigenvalue weighted by Crippen LogP contribution is 2.51. The Morgan fingerprint density at radius 1 is 0.732 bits per heavy atom. The van der Waals surface area contributed by atoms with Crippen molar-refractivity contribution < 1.29 is 14.3 Å². The first-order valence-corrected chi connectivity index (χ1v) is 14.1. The molecule has 202 valence electrons. The molecule has 6 aromatic rings. The average molecular weight is 539 g/mol. The molecule has 5 aromatic carbocycles. The average Bonchev–Trinajstić information content (AvgIpc) is 3.51. The third kappa shape index (κ3) is 3.80. The van der Waals surface area contributed by atoms with Crippen molar-refractivity contribution in [2.24, 2.45) is 0 Å². The van der Waals surface area contributed by atoms with Gasteiger partial charge in [-0.25, -0.2) is 4.79 Å². The van der Waals surface area contributed by atoms with Gasteiger partial charge in [-0.15, -0.1) is 0 Å². The molecule has 41 heavy (non-hydrogen) atoms. The van der Waals surface area contributed by atoms with Crippen LogP contribution in [0.5, 0.6) is 5.75 Å². The van der Waals surface area contributed by atoms with Gasteiger partial charge >= 0.3 is 5.97 Å². The molecule has 0 fully saturated rings. The lowest BCUT2D eigenvalue weighted by atomic mass is 9.89. The molecule has 1 atom stereocenters. The molecular formula is C36H30N2O3. The second kappa shape index (κ2) is 9.86. The predicted molar refractivity (Wildman–Crippen MR) is 164 cm³/mol. The Hall–Kier alpha value is -5.03. The highest BCUT2D eigenvalue weighted by Gasteiger charge is 2.52. The number of hydrogen-bond donors (Lipinski definition) is 0. The van der Waals surface area contributed by atoms with Gasteiger partial charge in [0.2, 0.25) is 5.72 Å². The van der Waals surface area contributed by atoms with E-state index in [4.69, 9.17) is 9.47 Å². The second-order valence-electron chi connectivity index (χ2n) is 10.2. The number of esters is 1. The molecule has 5 nitrogen and oxygen atoms in total. The van der Waals surface area contributed by atoms with Gasteiger partial charge in [0, 0.05) is 50.9 Å². The Bertz CT molecular complexity index is 1890. The van der Waals surface area contributed by atoms with E-state index in [1.54, 1.807) is 0 Å². The van der Waals surface area contributed by atoms with Crippen LogP contribution in [0.15, 0.2) is 121 Å². The van der Waals surface area contributed by atoms with Crippen LogP contribution in [-0.2, 0) is 17.0 Å². The van der Waals surface area contributed by atoms with Crippen LogP contribution < -0.4 is 9.64 Å². The number of ether oxygens (including phenoxy) is 2. The first-order chi connectivity index (χ1) is 20.2. The highest BCUT2D eigenvalue weighted by molar-refractivity contribution is 6.08. The van der Waals surface area contributed by atoms with Gasteiger partial charge in [0.05, 0.1) is 12.2 Å². The molecule has 1 unspecified atom stereocenters. The molecule has 5 heteroatoms. The first kappa shape index (κ1) is 25.0.